The molecule has 21 heavy (non-hydrogen) atoms. The summed E-state index contributed by atoms with van der Waals surface area (Å²) in [4.78, 5) is 20.1. The molecule has 5 nitrogen and oxygen atoms in total. The van der Waals surface area contributed by atoms with E-state index in [0.717, 1.165) is 12.2 Å². The van der Waals surface area contributed by atoms with Gasteiger partial charge in [-0.2, -0.15) is 0 Å². The van der Waals surface area contributed by atoms with Gasteiger partial charge in [0.25, 0.3) is 0 Å². The SMILES string of the molecule is O=C(O)c1nc(-c2cc(Cl)cc(Cl)c2)nc2c1CNCC2. The quantitative estimate of drug-likeness (QED) is 0.888. The van der Waals surface area contributed by atoms with Crippen LogP contribution in [0.25, 0.3) is 11.4 Å². The number of benzene rings is 1. The summed E-state index contributed by atoms with van der Waals surface area (Å²) in [5.41, 5.74) is 2.03. The molecule has 0 aliphatic carbocycles. The largest absolute Gasteiger partial charge is 0.476 e. The summed E-state index contributed by atoms with van der Waals surface area (Å²) in [5.74, 6) is -0.732. The fourth-order valence-corrected chi connectivity index (χ4v) is 2.86. The summed E-state index contributed by atoms with van der Waals surface area (Å²) >= 11 is 12.0. The van der Waals surface area contributed by atoms with E-state index in [1.165, 1.54) is 0 Å². The van der Waals surface area contributed by atoms with Crippen LogP contribution in [0, 0.1) is 0 Å². The third-order valence-electron chi connectivity index (χ3n) is 3.26. The fraction of sp³-hybridized carbons (Fsp3) is 0.214. The summed E-state index contributed by atoms with van der Waals surface area (Å²) in [5, 5.41) is 13.4. The molecule has 1 aliphatic rings. The van der Waals surface area contributed by atoms with Crippen LogP contribution in [0.1, 0.15) is 21.7 Å². The van der Waals surface area contributed by atoms with Gasteiger partial charge in [-0.25, -0.2) is 14.8 Å². The van der Waals surface area contributed by atoms with Gasteiger partial charge in [0.2, 0.25) is 0 Å². The smallest absolute Gasteiger partial charge is 0.354 e. The van der Waals surface area contributed by atoms with Crippen molar-refractivity contribution in [2.24, 2.45) is 0 Å². The second-order valence-electron chi connectivity index (χ2n) is 4.71. The minimum atomic E-state index is -1.06. The van der Waals surface area contributed by atoms with Crippen molar-refractivity contribution in [1.82, 2.24) is 15.3 Å². The molecule has 1 aromatic carbocycles. The highest BCUT2D eigenvalue weighted by Gasteiger charge is 2.22. The number of nitrogens with one attached hydrogen (secondary N) is 1. The number of hydrogen-bond donors (Lipinski definition) is 2. The lowest BCUT2D eigenvalue weighted by atomic mass is 10.0. The van der Waals surface area contributed by atoms with Crippen LogP contribution in [-0.4, -0.2) is 27.6 Å². The van der Waals surface area contributed by atoms with Crippen molar-refractivity contribution in [3.8, 4) is 11.4 Å². The lowest BCUT2D eigenvalue weighted by Crippen LogP contribution is -2.28. The molecule has 0 saturated carbocycles. The number of carboxylic acid groups (broad SMARTS) is 1. The highest BCUT2D eigenvalue weighted by atomic mass is 35.5. The number of carbonyl (C=O) groups is 1. The highest BCUT2D eigenvalue weighted by Crippen LogP contribution is 2.27. The highest BCUT2D eigenvalue weighted by molar-refractivity contribution is 6.35. The van der Waals surface area contributed by atoms with Gasteiger partial charge in [0.1, 0.15) is 0 Å². The number of halogens is 2. The number of carboxylic acids is 1. The van der Waals surface area contributed by atoms with Gasteiger partial charge in [0.15, 0.2) is 11.5 Å². The van der Waals surface area contributed by atoms with Gasteiger partial charge < -0.3 is 10.4 Å². The minimum absolute atomic E-state index is 0.0262. The van der Waals surface area contributed by atoms with E-state index in [4.69, 9.17) is 23.2 Å². The third kappa shape index (κ3) is 2.85. The van der Waals surface area contributed by atoms with Crippen LogP contribution < -0.4 is 5.32 Å². The van der Waals surface area contributed by atoms with Crippen LogP contribution in [-0.2, 0) is 13.0 Å². The fourth-order valence-electron chi connectivity index (χ4n) is 2.33. The molecule has 3 rings (SSSR count). The number of aromatic nitrogens is 2. The second-order valence-corrected chi connectivity index (χ2v) is 5.58. The first kappa shape index (κ1) is 14.3. The maximum absolute atomic E-state index is 11.4. The van der Waals surface area contributed by atoms with Crippen LogP contribution >= 0.6 is 23.2 Å². The van der Waals surface area contributed by atoms with Crippen LogP contribution in [0.3, 0.4) is 0 Å². The van der Waals surface area contributed by atoms with Gasteiger partial charge in [-0.3, -0.25) is 0 Å². The number of fused-ring (bicyclic) bond motifs is 1. The first-order chi connectivity index (χ1) is 10.0. The maximum atomic E-state index is 11.4. The van der Waals surface area contributed by atoms with Gasteiger partial charge in [0.05, 0.1) is 5.69 Å². The van der Waals surface area contributed by atoms with Crippen LogP contribution in [0.5, 0.6) is 0 Å². The number of nitrogens with zero attached hydrogens (tertiary/aromatic N) is 2. The van der Waals surface area contributed by atoms with Crippen LogP contribution in [0.4, 0.5) is 0 Å². The van der Waals surface area contributed by atoms with Gasteiger partial charge in [-0.05, 0) is 18.2 Å². The summed E-state index contributed by atoms with van der Waals surface area (Å²) in [6, 6.07) is 4.94. The normalized spacial score (nSPS) is 13.8. The maximum Gasteiger partial charge on any atom is 0.354 e. The molecule has 1 aliphatic heterocycles. The van der Waals surface area contributed by atoms with Crippen LogP contribution in [0.15, 0.2) is 18.2 Å². The Bertz CT molecular complexity index is 714. The van der Waals surface area contributed by atoms with Crippen molar-refractivity contribution in [2.45, 2.75) is 13.0 Å². The summed E-state index contributed by atoms with van der Waals surface area (Å²) in [6.45, 7) is 1.23. The predicted octanol–water partition coefficient (Wildman–Crippen LogP) is 2.79. The molecule has 2 heterocycles. The molecule has 0 amide bonds. The van der Waals surface area contributed by atoms with Crippen molar-refractivity contribution in [1.29, 1.82) is 0 Å². The Kier molecular flexibility index (Phi) is 3.80. The second kappa shape index (κ2) is 5.60. The zero-order valence-corrected chi connectivity index (χ0v) is 12.4. The van der Waals surface area contributed by atoms with Crippen molar-refractivity contribution in [2.75, 3.05) is 6.54 Å². The summed E-state index contributed by atoms with van der Waals surface area (Å²) < 4.78 is 0. The van der Waals surface area contributed by atoms with E-state index in [1.807, 2.05) is 0 Å². The molecule has 0 saturated heterocycles. The Labute approximate surface area is 130 Å². The average molecular weight is 324 g/mol. The monoisotopic (exact) mass is 323 g/mol. The molecular formula is C14H11Cl2N3O2. The van der Waals surface area contributed by atoms with E-state index in [2.05, 4.69) is 15.3 Å². The van der Waals surface area contributed by atoms with E-state index in [-0.39, 0.29) is 5.69 Å². The molecule has 2 aromatic rings. The molecule has 2 N–H and O–H groups in total. The van der Waals surface area contributed by atoms with E-state index in [0.29, 0.717) is 40.0 Å². The van der Waals surface area contributed by atoms with Crippen molar-refractivity contribution in [3.05, 3.63) is 45.2 Å². The van der Waals surface area contributed by atoms with Gasteiger partial charge in [0, 0.05) is 40.7 Å². The molecule has 0 spiro atoms. The van der Waals surface area contributed by atoms with Crippen molar-refractivity contribution in [3.63, 3.8) is 0 Å². The lowest BCUT2D eigenvalue weighted by molar-refractivity contribution is 0.0688. The first-order valence-corrected chi connectivity index (χ1v) is 7.10. The summed E-state index contributed by atoms with van der Waals surface area (Å²) in [6.07, 6.45) is 0.666. The molecule has 1 aromatic heterocycles. The molecular weight excluding hydrogens is 313 g/mol. The topological polar surface area (TPSA) is 75.1 Å². The molecule has 0 fully saturated rings. The Balaban J connectivity index is 2.19. The van der Waals surface area contributed by atoms with E-state index in [9.17, 15) is 9.90 Å². The zero-order chi connectivity index (χ0) is 15.0. The van der Waals surface area contributed by atoms with Gasteiger partial charge >= 0.3 is 5.97 Å². The zero-order valence-electron chi connectivity index (χ0n) is 10.9. The van der Waals surface area contributed by atoms with Crippen molar-refractivity contribution >= 4 is 29.2 Å². The Morgan fingerprint density at radius 1 is 1.19 bits per heavy atom. The number of aromatic carboxylic acids is 1. The number of rotatable bonds is 2. The minimum Gasteiger partial charge on any atom is -0.476 e. The lowest BCUT2D eigenvalue weighted by Gasteiger charge is -2.18. The standard InChI is InChI=1S/C14H11Cl2N3O2/c15-8-3-7(4-9(16)5-8)13-18-11-1-2-17-6-10(11)12(19-13)14(20)21/h3-5,17H,1-2,6H2,(H,20,21). The van der Waals surface area contributed by atoms with Gasteiger partial charge in [-0.15, -0.1) is 0 Å². The number of hydrogen-bond acceptors (Lipinski definition) is 4. The molecule has 0 bridgehead atoms. The van der Waals surface area contributed by atoms with Gasteiger partial charge in [-0.1, -0.05) is 23.2 Å². The molecule has 7 heteroatoms. The summed E-state index contributed by atoms with van der Waals surface area (Å²) in [7, 11) is 0. The Morgan fingerprint density at radius 3 is 2.57 bits per heavy atom. The van der Waals surface area contributed by atoms with E-state index < -0.39 is 5.97 Å². The third-order valence-corrected chi connectivity index (χ3v) is 3.69. The predicted molar refractivity (Wildman–Crippen MR) is 79.9 cm³/mol. The van der Waals surface area contributed by atoms with E-state index >= 15 is 0 Å². The van der Waals surface area contributed by atoms with Crippen LogP contribution in [0.2, 0.25) is 10.0 Å². The van der Waals surface area contributed by atoms with E-state index in [1.54, 1.807) is 18.2 Å². The molecule has 108 valence electrons. The molecule has 0 unspecified atom stereocenters. The average Bonchev–Trinajstić information content (AvgIpc) is 2.45. The van der Waals surface area contributed by atoms with Crippen molar-refractivity contribution < 1.29 is 9.90 Å². The Hall–Kier alpha value is -1.69. The molecule has 0 atom stereocenters. The first-order valence-electron chi connectivity index (χ1n) is 6.35. The Morgan fingerprint density at radius 2 is 1.90 bits per heavy atom. The molecule has 0 radical (unpaired) electrons.